The molecule has 0 fully saturated rings. The van der Waals surface area contributed by atoms with Gasteiger partial charge in [-0.1, -0.05) is 34.5 Å². The van der Waals surface area contributed by atoms with Crippen LogP contribution in [-0.2, 0) is 28.5 Å². The van der Waals surface area contributed by atoms with Crippen molar-refractivity contribution in [3.63, 3.8) is 0 Å². The molecule has 276 valence electrons. The molecule has 13 heteroatoms. The first-order chi connectivity index (χ1) is 23.5. The van der Waals surface area contributed by atoms with E-state index < -0.39 is 11.9 Å². The first kappa shape index (κ1) is 41.7. The van der Waals surface area contributed by atoms with Gasteiger partial charge in [-0.3, -0.25) is 9.59 Å². The molecule has 0 saturated heterocycles. The van der Waals surface area contributed by atoms with E-state index in [9.17, 15) is 14.7 Å². The number of carbonyl (C=O) groups excluding carboxylic acids is 2. The van der Waals surface area contributed by atoms with Gasteiger partial charge in [-0.2, -0.15) is 0 Å². The van der Waals surface area contributed by atoms with E-state index in [4.69, 9.17) is 42.6 Å². The van der Waals surface area contributed by atoms with Crippen molar-refractivity contribution in [2.75, 3.05) is 38.4 Å². The predicted octanol–water partition coefficient (Wildman–Crippen LogP) is 8.05. The van der Waals surface area contributed by atoms with Crippen molar-refractivity contribution in [2.45, 2.75) is 105 Å². The van der Waals surface area contributed by atoms with Crippen LogP contribution in [0.25, 0.3) is 0 Å². The Bertz CT molecular complexity index is 1270. The highest BCUT2D eigenvalue weighted by molar-refractivity contribution is 9.09. The predicted molar refractivity (Wildman–Crippen MR) is 187 cm³/mol. The molecule has 2 atom stereocenters. The van der Waals surface area contributed by atoms with E-state index in [0.717, 1.165) is 43.9 Å². The zero-order chi connectivity index (χ0) is 36.1. The molecule has 0 bridgehead atoms. The molecule has 2 aliphatic rings. The zero-order valence-corrected chi connectivity index (χ0v) is 31.3. The van der Waals surface area contributed by atoms with Crippen LogP contribution in [0.4, 0.5) is 0 Å². The number of phenols is 1. The van der Waals surface area contributed by atoms with Crippen LogP contribution in [-0.4, -0.2) is 67.4 Å². The first-order valence-electron chi connectivity index (χ1n) is 17.0. The second kappa shape index (κ2) is 22.3. The summed E-state index contributed by atoms with van der Waals surface area (Å²) in [5, 5.41) is 10.5. The Morgan fingerprint density at radius 2 is 1.18 bits per heavy atom. The van der Waals surface area contributed by atoms with Gasteiger partial charge in [0, 0.05) is 32.0 Å². The molecule has 2 heterocycles. The smallest absolute Gasteiger partial charge is 0.369 e. The van der Waals surface area contributed by atoms with E-state index in [1.54, 1.807) is 32.0 Å². The third kappa shape index (κ3) is 14.9. The summed E-state index contributed by atoms with van der Waals surface area (Å²) in [6.07, 6.45) is 6.78. The lowest BCUT2D eigenvalue weighted by Gasteiger charge is -2.21. The van der Waals surface area contributed by atoms with Crippen molar-refractivity contribution in [1.29, 1.82) is 0 Å². The Morgan fingerprint density at radius 3 is 1.69 bits per heavy atom. The summed E-state index contributed by atoms with van der Waals surface area (Å²) in [7, 11) is 0. The summed E-state index contributed by atoms with van der Waals surface area (Å²) in [5.74, 6) is 0.302. The van der Waals surface area contributed by atoms with Gasteiger partial charge >= 0.3 is 23.9 Å². The number of para-hydroxylation sites is 2. The van der Waals surface area contributed by atoms with Crippen molar-refractivity contribution in [1.82, 2.24) is 0 Å². The Balaban J connectivity index is 0.000000282. The van der Waals surface area contributed by atoms with Crippen molar-refractivity contribution in [3.8, 4) is 34.5 Å². The maximum atomic E-state index is 11.2. The number of carbonyl (C=O) groups is 2. The lowest BCUT2D eigenvalue weighted by Crippen LogP contribution is -2.37. The fourth-order valence-corrected chi connectivity index (χ4v) is 5.07. The van der Waals surface area contributed by atoms with Gasteiger partial charge in [0.05, 0.1) is 33.0 Å². The molecule has 49 heavy (non-hydrogen) atoms. The Labute approximate surface area is 298 Å². The number of aromatic hydroxyl groups is 1. The van der Waals surface area contributed by atoms with Crippen molar-refractivity contribution in [3.05, 3.63) is 36.4 Å². The molecule has 2 aromatic rings. The number of phenolic OH excluding ortho intramolecular Hbond substituents is 1. The van der Waals surface area contributed by atoms with Crippen LogP contribution in [0.15, 0.2) is 36.4 Å². The second-order valence-corrected chi connectivity index (χ2v) is 11.7. The lowest BCUT2D eigenvalue weighted by molar-refractivity contribution is -0.267. The molecular weight excluding hydrogens is 704 g/mol. The van der Waals surface area contributed by atoms with E-state index in [0.29, 0.717) is 74.6 Å². The number of unbranched alkanes of at least 4 members (excludes halogenated alkanes) is 4. The molecule has 0 amide bonds. The number of alkyl halides is 1. The number of rotatable bonds is 18. The molecule has 0 aliphatic carbocycles. The summed E-state index contributed by atoms with van der Waals surface area (Å²) in [4.78, 5) is 22.0. The van der Waals surface area contributed by atoms with Gasteiger partial charge in [-0.25, -0.2) is 0 Å². The van der Waals surface area contributed by atoms with Crippen LogP contribution in [0.2, 0.25) is 0 Å². The maximum Gasteiger partial charge on any atom is 0.369 e. The molecule has 0 saturated carbocycles. The largest absolute Gasteiger partial charge is 0.504 e. The summed E-state index contributed by atoms with van der Waals surface area (Å²) >= 11 is 3.33. The van der Waals surface area contributed by atoms with Crippen LogP contribution in [0.3, 0.4) is 0 Å². The molecular formula is C36H53BrO12. The van der Waals surface area contributed by atoms with Gasteiger partial charge in [0.1, 0.15) is 0 Å². The standard InChI is InChI=1S/C18H26O6.C10H12O4.C8H15BrO2/c1-4-20-16(19)12-7-6-8-13-21-14-10-9-11-15-17(14)24-18(3,23-15)22-5-2;1-3-12-10(2)13-8-6-4-5-7(11)9(8)14-10;1-2-11-8(10)6-4-3-5-7-9/h9-11H,4-8,12-13H2,1-3H3;4-6,11H,3H2,1-2H3;2-7H2,1H3. The number of ether oxygens (including phenoxy) is 9. The van der Waals surface area contributed by atoms with Gasteiger partial charge in [0.2, 0.25) is 11.5 Å². The minimum atomic E-state index is -1.12. The fraction of sp³-hybridized carbons (Fsp3) is 0.611. The van der Waals surface area contributed by atoms with E-state index in [1.807, 2.05) is 45.9 Å². The van der Waals surface area contributed by atoms with Gasteiger partial charge in [0.15, 0.2) is 23.0 Å². The number of hydrogen-bond donors (Lipinski definition) is 1. The van der Waals surface area contributed by atoms with E-state index >= 15 is 0 Å². The van der Waals surface area contributed by atoms with Crippen molar-refractivity contribution < 1.29 is 57.3 Å². The molecule has 12 nitrogen and oxygen atoms in total. The van der Waals surface area contributed by atoms with E-state index in [1.165, 1.54) is 0 Å². The zero-order valence-electron chi connectivity index (χ0n) is 29.7. The summed E-state index contributed by atoms with van der Waals surface area (Å²) in [6.45, 7) is 13.2. The monoisotopic (exact) mass is 756 g/mol. The molecule has 2 unspecified atom stereocenters. The van der Waals surface area contributed by atoms with Crippen LogP contribution in [0, 0.1) is 0 Å². The van der Waals surface area contributed by atoms with Gasteiger partial charge in [-0.05, 0) is 84.1 Å². The summed E-state index contributed by atoms with van der Waals surface area (Å²) in [5.41, 5.74) is 0. The molecule has 4 rings (SSSR count). The average molecular weight is 758 g/mol. The quantitative estimate of drug-likeness (QED) is 0.0895. The Hall–Kier alpha value is -3.42. The normalized spacial score (nSPS) is 18.0. The van der Waals surface area contributed by atoms with Gasteiger partial charge in [-0.15, -0.1) is 0 Å². The SMILES string of the molecule is CCOC(=O)CCCCCBr.CCOC(=O)CCCCCOc1cccc2c1OC(C)(OCC)O2.CCOC1(C)Oc2cccc(O)c2O1. The number of esters is 2. The van der Waals surface area contributed by atoms with Crippen molar-refractivity contribution in [2.24, 2.45) is 0 Å². The average Bonchev–Trinajstić information content (AvgIpc) is 3.59. The van der Waals surface area contributed by atoms with Crippen LogP contribution in [0.5, 0.6) is 34.5 Å². The number of benzene rings is 2. The van der Waals surface area contributed by atoms with Gasteiger partial charge < -0.3 is 47.7 Å². The lowest BCUT2D eigenvalue weighted by atomic mass is 10.2. The number of hydrogen-bond acceptors (Lipinski definition) is 12. The Kier molecular flexibility index (Phi) is 19.0. The highest BCUT2D eigenvalue weighted by Gasteiger charge is 2.40. The molecule has 2 aliphatic heterocycles. The number of halogens is 1. The molecule has 0 spiro atoms. The minimum Gasteiger partial charge on any atom is -0.504 e. The molecule has 2 aromatic carbocycles. The summed E-state index contributed by atoms with van der Waals surface area (Å²) in [6, 6.07) is 10.5. The second-order valence-electron chi connectivity index (χ2n) is 11.0. The van der Waals surface area contributed by atoms with E-state index in [2.05, 4.69) is 15.9 Å². The highest BCUT2D eigenvalue weighted by Crippen LogP contribution is 2.47. The van der Waals surface area contributed by atoms with Crippen molar-refractivity contribution >= 4 is 27.9 Å². The maximum absolute atomic E-state index is 11.2. The Morgan fingerprint density at radius 1 is 0.673 bits per heavy atom. The first-order valence-corrected chi connectivity index (χ1v) is 18.1. The van der Waals surface area contributed by atoms with Crippen LogP contribution >= 0.6 is 15.9 Å². The third-order valence-electron chi connectivity index (χ3n) is 6.79. The highest BCUT2D eigenvalue weighted by atomic mass is 79.9. The van der Waals surface area contributed by atoms with Gasteiger partial charge in [0.25, 0.3) is 0 Å². The topological polar surface area (TPSA) is 137 Å². The minimum absolute atomic E-state index is 0.0610. The molecule has 0 aromatic heterocycles. The third-order valence-corrected chi connectivity index (χ3v) is 7.35. The van der Waals surface area contributed by atoms with E-state index in [-0.39, 0.29) is 17.7 Å². The van der Waals surface area contributed by atoms with Crippen LogP contribution in [0.1, 0.15) is 92.9 Å². The van der Waals surface area contributed by atoms with Crippen LogP contribution < -0.4 is 23.7 Å². The fourth-order valence-electron chi connectivity index (χ4n) is 4.67. The molecule has 1 N–H and O–H groups in total. The molecule has 0 radical (unpaired) electrons. The number of fused-ring (bicyclic) bond motifs is 2. The summed E-state index contributed by atoms with van der Waals surface area (Å²) < 4.78 is 48.5.